The van der Waals surface area contributed by atoms with E-state index in [1.54, 1.807) is 6.07 Å². The number of aldehydes is 1. The molecule has 2 heterocycles. The second-order valence-corrected chi connectivity index (χ2v) is 4.25. The van der Waals surface area contributed by atoms with E-state index < -0.39 is 0 Å². The minimum atomic E-state index is 0.520. The van der Waals surface area contributed by atoms with E-state index >= 15 is 0 Å². The maximum Gasteiger partial charge on any atom is 0.168 e. The van der Waals surface area contributed by atoms with Gasteiger partial charge in [0.25, 0.3) is 0 Å². The summed E-state index contributed by atoms with van der Waals surface area (Å²) in [7, 11) is 2.14. The predicted molar refractivity (Wildman–Crippen MR) is 62.4 cm³/mol. The molecule has 4 nitrogen and oxygen atoms in total. The summed E-state index contributed by atoms with van der Waals surface area (Å²) in [5.41, 5.74) is 1.50. The van der Waals surface area contributed by atoms with Crippen LogP contribution in [0.4, 0.5) is 0 Å². The zero-order chi connectivity index (χ0) is 11.4. The van der Waals surface area contributed by atoms with Crippen molar-refractivity contribution in [1.82, 2.24) is 14.8 Å². The van der Waals surface area contributed by atoms with Gasteiger partial charge in [-0.3, -0.25) is 9.69 Å². The van der Waals surface area contributed by atoms with Crippen molar-refractivity contribution in [2.45, 2.75) is 6.54 Å². The van der Waals surface area contributed by atoms with Crippen LogP contribution >= 0.6 is 0 Å². The largest absolute Gasteiger partial charge is 0.304 e. The Morgan fingerprint density at radius 1 is 1.31 bits per heavy atom. The van der Waals surface area contributed by atoms with E-state index in [1.165, 1.54) is 0 Å². The maximum atomic E-state index is 10.6. The van der Waals surface area contributed by atoms with E-state index in [-0.39, 0.29) is 0 Å². The average Bonchev–Trinajstić information content (AvgIpc) is 2.32. The molecule has 16 heavy (non-hydrogen) atoms. The summed E-state index contributed by atoms with van der Waals surface area (Å²) in [6, 6.07) is 5.61. The van der Waals surface area contributed by atoms with Crippen LogP contribution in [0.3, 0.4) is 0 Å². The lowest BCUT2D eigenvalue weighted by atomic mass is 10.2. The Morgan fingerprint density at radius 3 is 2.75 bits per heavy atom. The summed E-state index contributed by atoms with van der Waals surface area (Å²) in [6.07, 6.45) is 0.799. The molecule has 0 atom stereocenters. The third-order valence-electron chi connectivity index (χ3n) is 2.93. The Bertz CT molecular complexity index is 359. The molecule has 0 aromatic carbocycles. The van der Waals surface area contributed by atoms with Gasteiger partial charge in [-0.2, -0.15) is 0 Å². The molecule has 86 valence electrons. The second-order valence-electron chi connectivity index (χ2n) is 4.25. The average molecular weight is 219 g/mol. The van der Waals surface area contributed by atoms with Crippen molar-refractivity contribution in [1.29, 1.82) is 0 Å². The molecule has 4 heteroatoms. The number of aromatic nitrogens is 1. The van der Waals surface area contributed by atoms with Crippen LogP contribution in [0, 0.1) is 0 Å². The molecule has 1 aromatic heterocycles. The lowest BCUT2D eigenvalue weighted by molar-refractivity contribution is 0.111. The topological polar surface area (TPSA) is 36.4 Å². The summed E-state index contributed by atoms with van der Waals surface area (Å²) < 4.78 is 0. The van der Waals surface area contributed by atoms with E-state index in [0.717, 1.165) is 44.7 Å². The monoisotopic (exact) mass is 219 g/mol. The number of hydrogen-bond acceptors (Lipinski definition) is 4. The summed E-state index contributed by atoms with van der Waals surface area (Å²) in [5, 5.41) is 0. The first-order chi connectivity index (χ1) is 7.78. The first-order valence-corrected chi connectivity index (χ1v) is 5.60. The molecule has 1 aliphatic heterocycles. The van der Waals surface area contributed by atoms with E-state index in [0.29, 0.717) is 5.69 Å². The number of carbonyl (C=O) groups excluding carboxylic acids is 1. The summed E-state index contributed by atoms with van der Waals surface area (Å²) in [6.45, 7) is 5.20. The normalized spacial score (nSPS) is 18.6. The van der Waals surface area contributed by atoms with E-state index in [1.807, 2.05) is 12.1 Å². The number of nitrogens with zero attached hydrogens (tertiary/aromatic N) is 3. The lowest BCUT2D eigenvalue weighted by Crippen LogP contribution is -2.44. The fourth-order valence-corrected chi connectivity index (χ4v) is 1.89. The highest BCUT2D eigenvalue weighted by molar-refractivity contribution is 5.71. The number of carbonyl (C=O) groups is 1. The smallest absolute Gasteiger partial charge is 0.168 e. The number of likely N-dealkylation sites (N-methyl/N-ethyl adjacent to an activating group) is 1. The standard InChI is InChI=1S/C12H17N3O/c1-14-5-7-15(8-6-14)9-11-3-2-4-12(10-16)13-11/h2-4,10H,5-9H2,1H3. The molecule has 2 rings (SSSR count). The van der Waals surface area contributed by atoms with Crippen molar-refractivity contribution >= 4 is 6.29 Å². The van der Waals surface area contributed by atoms with Crippen molar-refractivity contribution in [2.75, 3.05) is 33.2 Å². The quantitative estimate of drug-likeness (QED) is 0.699. The molecule has 1 saturated heterocycles. The Balaban J connectivity index is 1.95. The van der Waals surface area contributed by atoms with E-state index in [9.17, 15) is 4.79 Å². The molecule has 1 aromatic rings. The number of rotatable bonds is 3. The van der Waals surface area contributed by atoms with Crippen molar-refractivity contribution in [3.63, 3.8) is 0 Å². The molecular weight excluding hydrogens is 202 g/mol. The van der Waals surface area contributed by atoms with Crippen LogP contribution in [0.5, 0.6) is 0 Å². The predicted octanol–water partition coefficient (Wildman–Crippen LogP) is 0.641. The Morgan fingerprint density at radius 2 is 2.06 bits per heavy atom. The van der Waals surface area contributed by atoms with Crippen LogP contribution in [0.2, 0.25) is 0 Å². The van der Waals surface area contributed by atoms with Gasteiger partial charge in [0, 0.05) is 32.7 Å². The first kappa shape index (κ1) is 11.2. The molecule has 0 spiro atoms. The fourth-order valence-electron chi connectivity index (χ4n) is 1.89. The highest BCUT2D eigenvalue weighted by atomic mass is 16.1. The van der Waals surface area contributed by atoms with Gasteiger partial charge in [0.15, 0.2) is 6.29 Å². The molecule has 0 amide bonds. The number of pyridine rings is 1. The van der Waals surface area contributed by atoms with Gasteiger partial charge in [-0.25, -0.2) is 4.98 Å². The Labute approximate surface area is 95.9 Å². The Hall–Kier alpha value is -1.26. The molecule has 1 aliphatic rings. The van der Waals surface area contributed by atoms with Gasteiger partial charge in [-0.1, -0.05) is 6.07 Å². The van der Waals surface area contributed by atoms with Gasteiger partial charge >= 0.3 is 0 Å². The van der Waals surface area contributed by atoms with Crippen LogP contribution < -0.4 is 0 Å². The van der Waals surface area contributed by atoms with Gasteiger partial charge in [0.05, 0.1) is 5.69 Å². The molecule has 0 radical (unpaired) electrons. The van der Waals surface area contributed by atoms with Crippen LogP contribution in [-0.2, 0) is 6.54 Å². The molecule has 0 saturated carbocycles. The number of piperazine rings is 1. The second kappa shape index (κ2) is 5.18. The molecule has 0 unspecified atom stereocenters. The highest BCUT2D eigenvalue weighted by Crippen LogP contribution is 2.06. The third-order valence-corrected chi connectivity index (χ3v) is 2.93. The Kier molecular flexibility index (Phi) is 3.64. The molecular formula is C12H17N3O. The summed E-state index contributed by atoms with van der Waals surface area (Å²) in [4.78, 5) is 19.6. The first-order valence-electron chi connectivity index (χ1n) is 5.60. The van der Waals surface area contributed by atoms with Gasteiger partial charge in [-0.15, -0.1) is 0 Å². The molecule has 0 bridgehead atoms. The number of hydrogen-bond donors (Lipinski definition) is 0. The van der Waals surface area contributed by atoms with Crippen molar-refractivity contribution in [3.8, 4) is 0 Å². The highest BCUT2D eigenvalue weighted by Gasteiger charge is 2.14. The minimum absolute atomic E-state index is 0.520. The summed E-state index contributed by atoms with van der Waals surface area (Å²) >= 11 is 0. The third kappa shape index (κ3) is 2.87. The van der Waals surface area contributed by atoms with Crippen LogP contribution in [0.1, 0.15) is 16.2 Å². The zero-order valence-corrected chi connectivity index (χ0v) is 9.59. The molecule has 1 fully saturated rings. The van der Waals surface area contributed by atoms with E-state index in [4.69, 9.17) is 0 Å². The fraction of sp³-hybridized carbons (Fsp3) is 0.500. The SMILES string of the molecule is CN1CCN(Cc2cccc(C=O)n2)CC1. The van der Waals surface area contributed by atoms with Crippen LogP contribution in [0.15, 0.2) is 18.2 Å². The van der Waals surface area contributed by atoms with Crippen molar-refractivity contribution in [2.24, 2.45) is 0 Å². The maximum absolute atomic E-state index is 10.6. The van der Waals surface area contributed by atoms with Crippen LogP contribution in [-0.4, -0.2) is 54.3 Å². The van der Waals surface area contributed by atoms with Gasteiger partial charge < -0.3 is 4.90 Å². The van der Waals surface area contributed by atoms with Gasteiger partial charge in [-0.05, 0) is 19.2 Å². The van der Waals surface area contributed by atoms with Crippen molar-refractivity contribution in [3.05, 3.63) is 29.6 Å². The molecule has 0 N–H and O–H groups in total. The van der Waals surface area contributed by atoms with Gasteiger partial charge in [0.1, 0.15) is 5.69 Å². The van der Waals surface area contributed by atoms with Crippen LogP contribution in [0.25, 0.3) is 0 Å². The van der Waals surface area contributed by atoms with Gasteiger partial charge in [0.2, 0.25) is 0 Å². The van der Waals surface area contributed by atoms with E-state index in [2.05, 4.69) is 21.8 Å². The summed E-state index contributed by atoms with van der Waals surface area (Å²) in [5.74, 6) is 0. The lowest BCUT2D eigenvalue weighted by Gasteiger charge is -2.32. The zero-order valence-electron chi connectivity index (χ0n) is 9.59. The van der Waals surface area contributed by atoms with Crippen molar-refractivity contribution < 1.29 is 4.79 Å². The minimum Gasteiger partial charge on any atom is -0.304 e. The molecule has 0 aliphatic carbocycles.